The van der Waals surface area contributed by atoms with E-state index >= 15 is 0 Å². The molecule has 3 nitrogen and oxygen atoms in total. The van der Waals surface area contributed by atoms with Crippen LogP contribution in [-0.2, 0) is 4.74 Å². The number of hydrogen-bond donors (Lipinski definition) is 1. The molecule has 21 heavy (non-hydrogen) atoms. The van der Waals surface area contributed by atoms with Crippen LogP contribution in [0.15, 0.2) is 24.3 Å². The quantitative estimate of drug-likeness (QED) is 0.856. The van der Waals surface area contributed by atoms with E-state index in [4.69, 9.17) is 0 Å². The van der Waals surface area contributed by atoms with Gasteiger partial charge in [-0.3, -0.25) is 0 Å². The zero-order valence-corrected chi connectivity index (χ0v) is 12.7. The average molecular weight is 311 g/mol. The predicted octanol–water partition coefficient (Wildman–Crippen LogP) is 4.29. The second-order valence-electron chi connectivity index (χ2n) is 4.59. The first kappa shape index (κ1) is 15.4. The van der Waals surface area contributed by atoms with Crippen LogP contribution in [0.2, 0.25) is 0 Å². The third-order valence-electron chi connectivity index (χ3n) is 3.05. The molecule has 0 saturated carbocycles. The smallest absolute Gasteiger partial charge is 0.340 e. The number of benzene rings is 1. The monoisotopic (exact) mass is 311 g/mol. The molecular formula is C15H15F2NO2S. The van der Waals surface area contributed by atoms with Gasteiger partial charge in [-0.1, -0.05) is 0 Å². The molecule has 0 saturated heterocycles. The first-order valence-corrected chi connectivity index (χ1v) is 7.15. The average Bonchev–Trinajstić information content (AvgIpc) is 2.90. The summed E-state index contributed by atoms with van der Waals surface area (Å²) >= 11 is 1.58. The summed E-state index contributed by atoms with van der Waals surface area (Å²) in [5, 5.41) is 2.91. The highest BCUT2D eigenvalue weighted by atomic mass is 32.1. The minimum absolute atomic E-state index is 0.0127. The molecule has 0 amide bonds. The lowest BCUT2D eigenvalue weighted by molar-refractivity contribution is 0.0594. The minimum atomic E-state index is -1.21. The van der Waals surface area contributed by atoms with E-state index in [9.17, 15) is 13.6 Å². The number of rotatable bonds is 4. The van der Waals surface area contributed by atoms with Crippen molar-refractivity contribution in [2.75, 3.05) is 12.4 Å². The third kappa shape index (κ3) is 3.21. The topological polar surface area (TPSA) is 38.3 Å². The standard InChI is InChI=1S/C15H15F2NO2S/c1-8-4-7-12(21-8)9(2)18-11-6-5-10(15(19)20-3)13(16)14(11)17/h4-7,9,18H,1-3H3. The van der Waals surface area contributed by atoms with Gasteiger partial charge in [0.15, 0.2) is 11.6 Å². The second-order valence-corrected chi connectivity index (χ2v) is 5.91. The maximum absolute atomic E-state index is 14.0. The molecule has 1 unspecified atom stereocenters. The van der Waals surface area contributed by atoms with Gasteiger partial charge in [0.05, 0.1) is 24.4 Å². The van der Waals surface area contributed by atoms with E-state index in [-0.39, 0.29) is 11.7 Å². The number of nitrogens with one attached hydrogen (secondary N) is 1. The molecule has 0 aliphatic heterocycles. The van der Waals surface area contributed by atoms with Crippen LogP contribution in [0.4, 0.5) is 14.5 Å². The Kier molecular flexibility index (Phi) is 4.57. The van der Waals surface area contributed by atoms with Crippen molar-refractivity contribution in [3.63, 3.8) is 0 Å². The summed E-state index contributed by atoms with van der Waals surface area (Å²) < 4.78 is 32.2. The van der Waals surface area contributed by atoms with Crippen LogP contribution in [0.25, 0.3) is 0 Å². The van der Waals surface area contributed by atoms with Gasteiger partial charge in [0.2, 0.25) is 0 Å². The molecule has 0 spiro atoms. The number of halogens is 2. The number of carbonyl (C=O) groups is 1. The molecule has 2 aromatic rings. The van der Waals surface area contributed by atoms with Crippen LogP contribution >= 0.6 is 11.3 Å². The molecule has 1 aromatic heterocycles. The van der Waals surface area contributed by atoms with E-state index in [2.05, 4.69) is 10.1 Å². The van der Waals surface area contributed by atoms with Crippen LogP contribution in [0.3, 0.4) is 0 Å². The van der Waals surface area contributed by atoms with Crippen molar-refractivity contribution in [3.05, 3.63) is 51.2 Å². The highest BCUT2D eigenvalue weighted by Crippen LogP contribution is 2.28. The molecule has 1 N–H and O–H groups in total. The molecule has 0 aliphatic rings. The van der Waals surface area contributed by atoms with Gasteiger partial charge in [0, 0.05) is 9.75 Å². The van der Waals surface area contributed by atoms with Crippen molar-refractivity contribution in [2.24, 2.45) is 0 Å². The predicted molar refractivity (Wildman–Crippen MR) is 78.8 cm³/mol. The molecule has 1 aromatic carbocycles. The van der Waals surface area contributed by atoms with Gasteiger partial charge < -0.3 is 10.1 Å². The lowest BCUT2D eigenvalue weighted by atomic mass is 10.1. The number of thiophene rings is 1. The van der Waals surface area contributed by atoms with Gasteiger partial charge in [0.1, 0.15) is 0 Å². The number of ether oxygens (including phenoxy) is 1. The summed E-state index contributed by atoms with van der Waals surface area (Å²) in [6, 6.07) is 6.28. The van der Waals surface area contributed by atoms with Crippen molar-refractivity contribution in [1.29, 1.82) is 0 Å². The number of hydrogen-bond acceptors (Lipinski definition) is 4. The van der Waals surface area contributed by atoms with E-state index in [1.807, 2.05) is 26.0 Å². The SMILES string of the molecule is COC(=O)c1ccc(NC(C)c2ccc(C)s2)c(F)c1F. The summed E-state index contributed by atoms with van der Waals surface area (Å²) in [5.74, 6) is -3.20. The van der Waals surface area contributed by atoms with Gasteiger partial charge in [-0.2, -0.15) is 0 Å². The van der Waals surface area contributed by atoms with Gasteiger partial charge in [-0.15, -0.1) is 11.3 Å². The van der Waals surface area contributed by atoms with Crippen molar-refractivity contribution < 1.29 is 18.3 Å². The van der Waals surface area contributed by atoms with Crippen LogP contribution < -0.4 is 5.32 Å². The Bertz CT molecular complexity index is 670. The first-order chi connectivity index (χ1) is 9.93. The summed E-state index contributed by atoms with van der Waals surface area (Å²) in [6.45, 7) is 3.84. The van der Waals surface area contributed by atoms with Crippen LogP contribution in [-0.4, -0.2) is 13.1 Å². The largest absolute Gasteiger partial charge is 0.465 e. The molecule has 1 atom stereocenters. The summed E-state index contributed by atoms with van der Waals surface area (Å²) in [7, 11) is 1.12. The van der Waals surface area contributed by atoms with Gasteiger partial charge in [0.25, 0.3) is 0 Å². The Morgan fingerprint density at radius 1 is 1.24 bits per heavy atom. The fourth-order valence-corrected chi connectivity index (χ4v) is 2.80. The van der Waals surface area contributed by atoms with Crippen LogP contribution in [0, 0.1) is 18.6 Å². The fourth-order valence-electron chi connectivity index (χ4n) is 1.92. The van der Waals surface area contributed by atoms with E-state index < -0.39 is 23.2 Å². The summed E-state index contributed by atoms with van der Waals surface area (Å²) in [5.41, 5.74) is -0.404. The highest BCUT2D eigenvalue weighted by Gasteiger charge is 2.20. The minimum Gasteiger partial charge on any atom is -0.465 e. The van der Waals surface area contributed by atoms with E-state index in [1.165, 1.54) is 12.1 Å². The summed E-state index contributed by atoms with van der Waals surface area (Å²) in [4.78, 5) is 13.5. The molecule has 0 aliphatic carbocycles. The number of carbonyl (C=O) groups excluding carboxylic acids is 1. The molecule has 0 radical (unpaired) electrons. The van der Waals surface area contributed by atoms with Crippen molar-refractivity contribution in [3.8, 4) is 0 Å². The number of anilines is 1. The fraction of sp³-hybridized carbons (Fsp3) is 0.267. The van der Waals surface area contributed by atoms with Gasteiger partial charge in [-0.05, 0) is 38.1 Å². The Labute approximate surface area is 125 Å². The number of aryl methyl sites for hydroxylation is 1. The van der Waals surface area contributed by atoms with Gasteiger partial charge >= 0.3 is 5.97 Å². The molecule has 0 bridgehead atoms. The third-order valence-corrected chi connectivity index (χ3v) is 4.23. The number of methoxy groups -OCH3 is 1. The molecule has 112 valence electrons. The Balaban J connectivity index is 2.25. The zero-order chi connectivity index (χ0) is 15.6. The van der Waals surface area contributed by atoms with Crippen LogP contribution in [0.1, 0.15) is 33.1 Å². The van der Waals surface area contributed by atoms with Gasteiger partial charge in [-0.25, -0.2) is 13.6 Å². The lowest BCUT2D eigenvalue weighted by Crippen LogP contribution is -2.11. The van der Waals surface area contributed by atoms with Crippen LogP contribution in [0.5, 0.6) is 0 Å². The second kappa shape index (κ2) is 6.22. The normalized spacial score (nSPS) is 12.0. The number of esters is 1. The Morgan fingerprint density at radius 2 is 1.95 bits per heavy atom. The molecular weight excluding hydrogens is 296 g/mol. The maximum atomic E-state index is 14.0. The van der Waals surface area contributed by atoms with Crippen molar-refractivity contribution >= 4 is 23.0 Å². The van der Waals surface area contributed by atoms with E-state index in [0.717, 1.165) is 16.9 Å². The maximum Gasteiger partial charge on any atom is 0.340 e. The van der Waals surface area contributed by atoms with Crippen molar-refractivity contribution in [2.45, 2.75) is 19.9 Å². The summed E-state index contributed by atoms with van der Waals surface area (Å²) in [6.07, 6.45) is 0. The Hall–Kier alpha value is -1.95. The molecule has 6 heteroatoms. The van der Waals surface area contributed by atoms with Crippen molar-refractivity contribution in [1.82, 2.24) is 0 Å². The molecule has 1 heterocycles. The Morgan fingerprint density at radius 3 is 2.52 bits per heavy atom. The molecule has 0 fully saturated rings. The highest BCUT2D eigenvalue weighted by molar-refractivity contribution is 7.12. The lowest BCUT2D eigenvalue weighted by Gasteiger charge is -2.15. The molecule has 2 rings (SSSR count). The zero-order valence-electron chi connectivity index (χ0n) is 11.9. The first-order valence-electron chi connectivity index (χ1n) is 6.33. The van der Waals surface area contributed by atoms with E-state index in [0.29, 0.717) is 0 Å². The van der Waals surface area contributed by atoms with E-state index in [1.54, 1.807) is 11.3 Å².